The molecule has 3 N–H and O–H groups in total. The van der Waals surface area contributed by atoms with Crippen molar-refractivity contribution in [3.05, 3.63) is 35.8 Å². The summed E-state index contributed by atoms with van der Waals surface area (Å²) in [5.74, 6) is -1.17. The van der Waals surface area contributed by atoms with Crippen LogP contribution in [0.2, 0.25) is 0 Å². The van der Waals surface area contributed by atoms with E-state index >= 15 is 0 Å². The van der Waals surface area contributed by atoms with Crippen molar-refractivity contribution in [3.8, 4) is 0 Å². The molecule has 0 amide bonds. The van der Waals surface area contributed by atoms with Gasteiger partial charge in [0.25, 0.3) is 0 Å². The second-order valence-electron chi connectivity index (χ2n) is 7.03. The number of rotatable bonds is 13. The molecule has 0 aliphatic carbocycles. The summed E-state index contributed by atoms with van der Waals surface area (Å²) < 4.78 is 13.5. The number of H-pyrrole nitrogens is 1. The summed E-state index contributed by atoms with van der Waals surface area (Å²) in [4.78, 5) is 14.6. The van der Waals surface area contributed by atoms with E-state index in [0.29, 0.717) is 13.0 Å². The molecule has 2 aromatic rings. The van der Waals surface area contributed by atoms with Gasteiger partial charge in [-0.2, -0.15) is 0 Å². The van der Waals surface area contributed by atoms with Gasteiger partial charge in [-0.3, -0.25) is 4.79 Å². The third-order valence-corrected chi connectivity index (χ3v) is 4.87. The molecule has 0 fully saturated rings. The Kier molecular flexibility index (Phi) is 8.62. The molecular weight excluding hydrogens is 331 g/mol. The van der Waals surface area contributed by atoms with E-state index in [1.807, 2.05) is 0 Å². The first-order valence-corrected chi connectivity index (χ1v) is 9.83. The lowest BCUT2D eigenvalue weighted by Crippen LogP contribution is -2.39. The molecule has 0 aliphatic rings. The summed E-state index contributed by atoms with van der Waals surface area (Å²) in [5, 5.41) is 13.4. The third kappa shape index (κ3) is 6.45. The number of hydrogen-bond donors (Lipinski definition) is 3. The molecule has 1 atom stereocenters. The van der Waals surface area contributed by atoms with E-state index in [4.69, 9.17) is 0 Å². The van der Waals surface area contributed by atoms with Gasteiger partial charge in [0.2, 0.25) is 0 Å². The topological polar surface area (TPSA) is 65.1 Å². The number of unbranched alkanes of at least 4 members (excludes halogenated alkanes) is 7. The molecule has 0 radical (unpaired) electrons. The van der Waals surface area contributed by atoms with Gasteiger partial charge in [-0.05, 0) is 36.7 Å². The molecule has 144 valence electrons. The number of fused-ring (bicyclic) bond motifs is 1. The zero-order valence-electron chi connectivity index (χ0n) is 15.7. The summed E-state index contributed by atoms with van der Waals surface area (Å²) in [7, 11) is 0. The summed E-state index contributed by atoms with van der Waals surface area (Å²) in [6, 6.07) is 3.88. The molecule has 5 heteroatoms. The molecule has 4 nitrogen and oxygen atoms in total. The molecule has 0 saturated carbocycles. The summed E-state index contributed by atoms with van der Waals surface area (Å²) in [6.07, 6.45) is 11.9. The molecule has 2 rings (SSSR count). The van der Waals surface area contributed by atoms with Gasteiger partial charge < -0.3 is 15.4 Å². The largest absolute Gasteiger partial charge is 0.480 e. The molecule has 0 saturated heterocycles. The first kappa shape index (κ1) is 20.4. The Morgan fingerprint density at radius 1 is 1.15 bits per heavy atom. The van der Waals surface area contributed by atoms with Crippen LogP contribution < -0.4 is 5.32 Å². The normalized spacial score (nSPS) is 12.5. The van der Waals surface area contributed by atoms with Crippen molar-refractivity contribution in [2.24, 2.45) is 0 Å². The van der Waals surface area contributed by atoms with Crippen LogP contribution in [0.4, 0.5) is 4.39 Å². The first-order chi connectivity index (χ1) is 12.6. The second-order valence-corrected chi connectivity index (χ2v) is 7.03. The molecule has 0 spiro atoms. The highest BCUT2D eigenvalue weighted by Gasteiger charge is 2.19. The highest BCUT2D eigenvalue weighted by molar-refractivity contribution is 5.84. The number of aromatic nitrogens is 1. The Labute approximate surface area is 155 Å². The molecule has 1 aromatic heterocycles. The van der Waals surface area contributed by atoms with Crippen LogP contribution in [0.3, 0.4) is 0 Å². The number of hydrogen-bond acceptors (Lipinski definition) is 2. The van der Waals surface area contributed by atoms with Crippen LogP contribution in [0.5, 0.6) is 0 Å². The monoisotopic (exact) mass is 362 g/mol. The number of carbonyl (C=O) groups is 1. The van der Waals surface area contributed by atoms with Gasteiger partial charge in [0, 0.05) is 23.5 Å². The van der Waals surface area contributed by atoms with Crippen LogP contribution in [0.1, 0.15) is 63.9 Å². The lowest BCUT2D eigenvalue weighted by molar-refractivity contribution is -0.139. The predicted molar refractivity (Wildman–Crippen MR) is 104 cm³/mol. The molecule has 1 heterocycles. The Morgan fingerprint density at radius 3 is 2.54 bits per heavy atom. The molecule has 1 aromatic carbocycles. The first-order valence-electron chi connectivity index (χ1n) is 9.83. The van der Waals surface area contributed by atoms with E-state index < -0.39 is 12.0 Å². The third-order valence-electron chi connectivity index (χ3n) is 4.87. The van der Waals surface area contributed by atoms with Gasteiger partial charge in [-0.25, -0.2) is 4.39 Å². The number of nitrogens with one attached hydrogen (secondary N) is 2. The Balaban J connectivity index is 1.75. The van der Waals surface area contributed by atoms with Crippen molar-refractivity contribution < 1.29 is 14.3 Å². The Hall–Kier alpha value is -1.88. The van der Waals surface area contributed by atoms with Crippen molar-refractivity contribution in [2.75, 3.05) is 6.54 Å². The van der Waals surface area contributed by atoms with E-state index in [-0.39, 0.29) is 5.82 Å². The smallest absolute Gasteiger partial charge is 0.321 e. The fourth-order valence-corrected chi connectivity index (χ4v) is 3.32. The second kappa shape index (κ2) is 11.0. The Morgan fingerprint density at radius 2 is 1.85 bits per heavy atom. The lowest BCUT2D eigenvalue weighted by atomic mass is 10.0. The summed E-state index contributed by atoms with van der Waals surface area (Å²) in [5.41, 5.74) is 1.66. The van der Waals surface area contributed by atoms with E-state index in [2.05, 4.69) is 17.2 Å². The van der Waals surface area contributed by atoms with E-state index in [0.717, 1.165) is 29.3 Å². The van der Waals surface area contributed by atoms with Gasteiger partial charge >= 0.3 is 5.97 Å². The van der Waals surface area contributed by atoms with Crippen molar-refractivity contribution in [3.63, 3.8) is 0 Å². The van der Waals surface area contributed by atoms with Gasteiger partial charge in [0.1, 0.15) is 11.9 Å². The highest BCUT2D eigenvalue weighted by Crippen LogP contribution is 2.20. The molecule has 0 aliphatic heterocycles. The predicted octanol–water partition coefficient (Wildman–Crippen LogP) is 5.03. The van der Waals surface area contributed by atoms with Crippen LogP contribution in [0, 0.1) is 5.82 Å². The average Bonchev–Trinajstić information content (AvgIpc) is 3.01. The molecule has 26 heavy (non-hydrogen) atoms. The number of halogens is 1. The van der Waals surface area contributed by atoms with Crippen molar-refractivity contribution in [2.45, 2.75) is 70.8 Å². The van der Waals surface area contributed by atoms with E-state index in [9.17, 15) is 14.3 Å². The van der Waals surface area contributed by atoms with Gasteiger partial charge in [-0.15, -0.1) is 0 Å². The zero-order chi connectivity index (χ0) is 18.8. The number of carboxylic acid groups (broad SMARTS) is 1. The maximum absolute atomic E-state index is 13.5. The van der Waals surface area contributed by atoms with Crippen LogP contribution in [0.25, 0.3) is 10.9 Å². The van der Waals surface area contributed by atoms with Crippen molar-refractivity contribution in [1.82, 2.24) is 10.3 Å². The van der Waals surface area contributed by atoms with Gasteiger partial charge in [-0.1, -0.05) is 51.9 Å². The standard InChI is InChI=1S/C21H31FN2O2/c1-2-3-4-5-6-7-8-9-12-23-20(21(25)26)13-16-15-24-19-11-10-17(22)14-18(16)19/h10-11,14-15,20,23-24H,2-9,12-13H2,1H3,(H,25,26)/t20-/m0/s1. The lowest BCUT2D eigenvalue weighted by Gasteiger charge is -2.14. The summed E-state index contributed by atoms with van der Waals surface area (Å²) in [6.45, 7) is 2.92. The maximum Gasteiger partial charge on any atom is 0.321 e. The fourth-order valence-electron chi connectivity index (χ4n) is 3.32. The minimum Gasteiger partial charge on any atom is -0.480 e. The van der Waals surface area contributed by atoms with E-state index in [1.165, 1.54) is 50.7 Å². The van der Waals surface area contributed by atoms with Crippen LogP contribution in [-0.4, -0.2) is 28.6 Å². The average molecular weight is 362 g/mol. The van der Waals surface area contributed by atoms with Gasteiger partial charge in [0.05, 0.1) is 0 Å². The number of benzene rings is 1. The molecule has 0 bridgehead atoms. The van der Waals surface area contributed by atoms with Gasteiger partial charge in [0.15, 0.2) is 0 Å². The van der Waals surface area contributed by atoms with Crippen LogP contribution in [0.15, 0.2) is 24.4 Å². The van der Waals surface area contributed by atoms with Crippen LogP contribution in [-0.2, 0) is 11.2 Å². The minimum absolute atomic E-state index is 0.308. The number of carboxylic acids is 1. The van der Waals surface area contributed by atoms with Crippen molar-refractivity contribution in [1.29, 1.82) is 0 Å². The quantitative estimate of drug-likeness (QED) is 0.438. The SMILES string of the molecule is CCCCCCCCCCN[C@@H](Cc1c[nH]c2ccc(F)cc12)C(=O)O. The van der Waals surface area contributed by atoms with Crippen molar-refractivity contribution >= 4 is 16.9 Å². The van der Waals surface area contributed by atoms with Crippen LogP contribution >= 0.6 is 0 Å². The number of aromatic amines is 1. The minimum atomic E-state index is -0.865. The number of aliphatic carboxylic acids is 1. The zero-order valence-corrected chi connectivity index (χ0v) is 15.7. The Bertz CT molecular complexity index is 684. The summed E-state index contributed by atoms with van der Waals surface area (Å²) >= 11 is 0. The van der Waals surface area contributed by atoms with E-state index in [1.54, 1.807) is 12.3 Å². The maximum atomic E-state index is 13.5. The highest BCUT2D eigenvalue weighted by atomic mass is 19.1. The molecule has 0 unspecified atom stereocenters. The fraction of sp³-hybridized carbons (Fsp3) is 0.571. The molecular formula is C21H31FN2O2.